The van der Waals surface area contributed by atoms with Crippen LogP contribution >= 0.6 is 0 Å². The minimum Gasteiger partial charge on any atom is -0.444 e. The van der Waals surface area contributed by atoms with E-state index in [-0.39, 0.29) is 18.2 Å². The molecule has 0 aromatic carbocycles. The average molecular weight is 225 g/mol. The lowest BCUT2D eigenvalue weighted by molar-refractivity contribution is -0.0467. The van der Waals surface area contributed by atoms with E-state index in [1.807, 2.05) is 27.7 Å². The Bertz CT molecular complexity index is 300. The van der Waals surface area contributed by atoms with Gasteiger partial charge in [-0.05, 0) is 27.7 Å². The van der Waals surface area contributed by atoms with E-state index in [9.17, 15) is 4.79 Å². The molecule has 1 saturated heterocycles. The van der Waals surface area contributed by atoms with Gasteiger partial charge in [0, 0.05) is 0 Å². The van der Waals surface area contributed by atoms with Crippen molar-refractivity contribution >= 4 is 6.09 Å². The maximum atomic E-state index is 11.9. The second-order valence-corrected chi connectivity index (χ2v) is 4.97. The molecule has 1 rings (SSSR count). The number of ether oxygens (including phenoxy) is 2. The van der Waals surface area contributed by atoms with Crippen LogP contribution in [0.5, 0.6) is 0 Å². The van der Waals surface area contributed by atoms with Crippen LogP contribution in [0, 0.1) is 12.3 Å². The minimum absolute atomic E-state index is 0.000509. The molecule has 1 heterocycles. The molecule has 1 aliphatic heterocycles. The Morgan fingerprint density at radius 1 is 1.56 bits per heavy atom. The van der Waals surface area contributed by atoms with Crippen molar-refractivity contribution in [1.82, 2.24) is 4.90 Å². The van der Waals surface area contributed by atoms with Crippen molar-refractivity contribution in [2.24, 2.45) is 0 Å². The van der Waals surface area contributed by atoms with Gasteiger partial charge in [-0.3, -0.25) is 4.90 Å². The lowest BCUT2D eigenvalue weighted by Gasteiger charge is -2.37. The first-order chi connectivity index (χ1) is 7.33. The third-order valence-corrected chi connectivity index (χ3v) is 2.25. The van der Waals surface area contributed by atoms with Crippen LogP contribution in [-0.4, -0.2) is 41.9 Å². The Hall–Kier alpha value is -1.21. The van der Waals surface area contributed by atoms with Crippen molar-refractivity contribution in [3.63, 3.8) is 0 Å². The van der Waals surface area contributed by atoms with Crippen LogP contribution in [0.3, 0.4) is 0 Å². The van der Waals surface area contributed by atoms with Gasteiger partial charge in [0.15, 0.2) is 0 Å². The molecule has 4 nitrogen and oxygen atoms in total. The smallest absolute Gasteiger partial charge is 0.410 e. The van der Waals surface area contributed by atoms with Gasteiger partial charge in [-0.25, -0.2) is 4.79 Å². The summed E-state index contributed by atoms with van der Waals surface area (Å²) in [6, 6.07) is -0.000509. The predicted octanol–water partition coefficient (Wildman–Crippen LogP) is 1.64. The van der Waals surface area contributed by atoms with Gasteiger partial charge in [-0.2, -0.15) is 0 Å². The van der Waals surface area contributed by atoms with E-state index in [0.717, 1.165) is 0 Å². The molecular weight excluding hydrogens is 206 g/mol. The first-order valence-electron chi connectivity index (χ1n) is 5.41. The SMILES string of the molecule is C#C[C@H]1CN(C(=O)OC(C)(C)C)[C@@H](C)CO1. The maximum Gasteiger partial charge on any atom is 0.410 e. The van der Waals surface area contributed by atoms with Gasteiger partial charge in [0.25, 0.3) is 0 Å². The highest BCUT2D eigenvalue weighted by atomic mass is 16.6. The molecule has 0 saturated carbocycles. The van der Waals surface area contributed by atoms with Crippen LogP contribution in [0.4, 0.5) is 4.79 Å². The van der Waals surface area contributed by atoms with E-state index >= 15 is 0 Å². The number of carbonyl (C=O) groups excluding carboxylic acids is 1. The molecule has 0 aromatic rings. The molecule has 0 aromatic heterocycles. The monoisotopic (exact) mass is 225 g/mol. The largest absolute Gasteiger partial charge is 0.444 e. The fraction of sp³-hybridized carbons (Fsp3) is 0.750. The zero-order valence-electron chi connectivity index (χ0n) is 10.3. The van der Waals surface area contributed by atoms with Gasteiger partial charge in [-0.1, -0.05) is 5.92 Å². The first kappa shape index (κ1) is 12.9. The van der Waals surface area contributed by atoms with Crippen LogP contribution in [0.2, 0.25) is 0 Å². The number of hydrogen-bond acceptors (Lipinski definition) is 3. The normalized spacial score (nSPS) is 26.1. The Balaban J connectivity index is 2.63. The quantitative estimate of drug-likeness (QED) is 0.588. The molecule has 0 radical (unpaired) electrons. The van der Waals surface area contributed by atoms with Crippen molar-refractivity contribution in [2.75, 3.05) is 13.2 Å². The number of amides is 1. The second kappa shape index (κ2) is 4.75. The van der Waals surface area contributed by atoms with Gasteiger partial charge in [0.05, 0.1) is 19.2 Å². The molecule has 2 atom stereocenters. The van der Waals surface area contributed by atoms with Crippen LogP contribution in [0.15, 0.2) is 0 Å². The summed E-state index contributed by atoms with van der Waals surface area (Å²) < 4.78 is 10.7. The summed E-state index contributed by atoms with van der Waals surface area (Å²) in [5.41, 5.74) is -0.485. The fourth-order valence-corrected chi connectivity index (χ4v) is 1.43. The Labute approximate surface area is 96.9 Å². The molecule has 0 spiro atoms. The number of morpholine rings is 1. The molecule has 0 N–H and O–H groups in total. The van der Waals surface area contributed by atoms with Gasteiger partial charge < -0.3 is 9.47 Å². The Morgan fingerprint density at radius 3 is 2.69 bits per heavy atom. The topological polar surface area (TPSA) is 38.8 Å². The Kier molecular flexibility index (Phi) is 3.82. The molecule has 1 aliphatic rings. The number of hydrogen-bond donors (Lipinski definition) is 0. The zero-order valence-corrected chi connectivity index (χ0v) is 10.3. The first-order valence-corrected chi connectivity index (χ1v) is 5.41. The highest BCUT2D eigenvalue weighted by molar-refractivity contribution is 5.68. The molecule has 1 fully saturated rings. The predicted molar refractivity (Wildman–Crippen MR) is 61.0 cm³/mol. The van der Waals surface area contributed by atoms with Crippen molar-refractivity contribution in [3.05, 3.63) is 0 Å². The average Bonchev–Trinajstić information content (AvgIpc) is 2.15. The third kappa shape index (κ3) is 3.42. The number of terminal acetylenes is 1. The summed E-state index contributed by atoms with van der Waals surface area (Å²) >= 11 is 0. The third-order valence-electron chi connectivity index (χ3n) is 2.25. The van der Waals surface area contributed by atoms with E-state index in [1.165, 1.54) is 0 Å². The number of carbonyl (C=O) groups is 1. The van der Waals surface area contributed by atoms with Crippen molar-refractivity contribution in [1.29, 1.82) is 0 Å². The highest BCUT2D eigenvalue weighted by Gasteiger charge is 2.31. The summed E-state index contributed by atoms with van der Waals surface area (Å²) in [6.07, 6.45) is 4.62. The number of nitrogens with zero attached hydrogens (tertiary/aromatic N) is 1. The fourth-order valence-electron chi connectivity index (χ4n) is 1.43. The molecular formula is C12H19NO3. The van der Waals surface area contributed by atoms with Gasteiger partial charge in [-0.15, -0.1) is 6.42 Å². The van der Waals surface area contributed by atoms with Crippen LogP contribution in [0.25, 0.3) is 0 Å². The zero-order chi connectivity index (χ0) is 12.3. The molecule has 1 amide bonds. The molecule has 90 valence electrons. The van der Waals surface area contributed by atoms with E-state index in [0.29, 0.717) is 13.2 Å². The summed E-state index contributed by atoms with van der Waals surface area (Å²) in [5.74, 6) is 2.50. The van der Waals surface area contributed by atoms with E-state index in [4.69, 9.17) is 15.9 Å². The molecule has 0 unspecified atom stereocenters. The van der Waals surface area contributed by atoms with Crippen LogP contribution in [-0.2, 0) is 9.47 Å². The van der Waals surface area contributed by atoms with Crippen molar-refractivity contribution in [3.8, 4) is 12.3 Å². The molecule has 4 heteroatoms. The maximum absolute atomic E-state index is 11.9. The lowest BCUT2D eigenvalue weighted by Crippen LogP contribution is -2.52. The van der Waals surface area contributed by atoms with Crippen LogP contribution in [0.1, 0.15) is 27.7 Å². The molecule has 0 aliphatic carbocycles. The lowest BCUT2D eigenvalue weighted by atomic mass is 10.2. The van der Waals surface area contributed by atoms with E-state index in [1.54, 1.807) is 4.90 Å². The van der Waals surface area contributed by atoms with Crippen molar-refractivity contribution < 1.29 is 14.3 Å². The van der Waals surface area contributed by atoms with E-state index in [2.05, 4.69) is 5.92 Å². The summed E-state index contributed by atoms with van der Waals surface area (Å²) in [4.78, 5) is 13.5. The summed E-state index contributed by atoms with van der Waals surface area (Å²) in [7, 11) is 0. The minimum atomic E-state index is -0.485. The van der Waals surface area contributed by atoms with E-state index < -0.39 is 5.60 Å². The highest BCUT2D eigenvalue weighted by Crippen LogP contribution is 2.16. The van der Waals surface area contributed by atoms with Crippen molar-refractivity contribution in [2.45, 2.75) is 45.4 Å². The second-order valence-electron chi connectivity index (χ2n) is 4.97. The van der Waals surface area contributed by atoms with Crippen LogP contribution < -0.4 is 0 Å². The summed E-state index contributed by atoms with van der Waals surface area (Å²) in [5, 5.41) is 0. The molecule has 0 bridgehead atoms. The standard InChI is InChI=1S/C12H19NO3/c1-6-10-7-13(9(2)8-15-10)11(14)16-12(3,4)5/h1,9-10H,7-8H2,2-5H3/t9-,10-/m0/s1. The number of rotatable bonds is 0. The van der Waals surface area contributed by atoms with Gasteiger partial charge in [0.1, 0.15) is 11.7 Å². The molecule has 16 heavy (non-hydrogen) atoms. The Morgan fingerprint density at radius 2 is 2.19 bits per heavy atom. The summed E-state index contributed by atoms with van der Waals surface area (Å²) in [6.45, 7) is 8.29. The van der Waals surface area contributed by atoms with Gasteiger partial charge >= 0.3 is 6.09 Å². The van der Waals surface area contributed by atoms with Gasteiger partial charge in [0.2, 0.25) is 0 Å².